The Hall–Kier alpha value is -3.40. The minimum absolute atomic E-state index is 0.0782. The van der Waals surface area contributed by atoms with E-state index in [0.717, 1.165) is 49.7 Å². The third-order valence-corrected chi connectivity index (χ3v) is 5.67. The molecule has 2 heterocycles. The number of benzene rings is 2. The Balaban J connectivity index is 1.42. The number of hydrogen-bond donors (Lipinski definition) is 0. The van der Waals surface area contributed by atoms with Crippen molar-refractivity contribution in [1.29, 1.82) is 0 Å². The normalized spacial score (nSPS) is 15.7. The number of non-ortho nitro benzene ring substituents is 1. The van der Waals surface area contributed by atoms with Gasteiger partial charge in [0.2, 0.25) is 0 Å². The van der Waals surface area contributed by atoms with E-state index in [0.29, 0.717) is 6.54 Å². The maximum absolute atomic E-state index is 13.2. The number of rotatable bonds is 7. The van der Waals surface area contributed by atoms with Crippen molar-refractivity contribution in [3.05, 3.63) is 75.9 Å². The summed E-state index contributed by atoms with van der Waals surface area (Å²) in [6, 6.07) is 13.1. The second kappa shape index (κ2) is 9.17. The third-order valence-electron chi connectivity index (χ3n) is 5.67. The second-order valence-electron chi connectivity index (χ2n) is 7.54. The molecule has 2 aromatic carbocycles. The van der Waals surface area contributed by atoms with Gasteiger partial charge in [0.1, 0.15) is 5.82 Å². The van der Waals surface area contributed by atoms with Crippen LogP contribution in [0.5, 0.6) is 0 Å². The van der Waals surface area contributed by atoms with Gasteiger partial charge in [-0.2, -0.15) is 0 Å². The summed E-state index contributed by atoms with van der Waals surface area (Å²) in [7, 11) is 0. The van der Waals surface area contributed by atoms with Gasteiger partial charge in [0.15, 0.2) is 5.82 Å². The van der Waals surface area contributed by atoms with Crippen LogP contribution in [0.4, 0.5) is 15.8 Å². The molecule has 31 heavy (non-hydrogen) atoms. The number of aromatic nitrogens is 4. The van der Waals surface area contributed by atoms with Crippen LogP contribution in [-0.4, -0.2) is 56.2 Å². The van der Waals surface area contributed by atoms with E-state index in [1.54, 1.807) is 41.1 Å². The van der Waals surface area contributed by atoms with E-state index in [1.165, 1.54) is 12.1 Å². The number of halogens is 1. The van der Waals surface area contributed by atoms with Crippen LogP contribution in [0, 0.1) is 15.9 Å². The highest BCUT2D eigenvalue weighted by Crippen LogP contribution is 2.26. The van der Waals surface area contributed by atoms with Crippen LogP contribution in [0.1, 0.15) is 30.8 Å². The van der Waals surface area contributed by atoms with Crippen molar-refractivity contribution >= 4 is 11.4 Å². The summed E-state index contributed by atoms with van der Waals surface area (Å²) in [5, 5.41) is 23.2. The van der Waals surface area contributed by atoms with Crippen LogP contribution >= 0.6 is 0 Å². The number of nitro groups is 1. The van der Waals surface area contributed by atoms with E-state index in [1.807, 2.05) is 0 Å². The van der Waals surface area contributed by atoms with Crippen molar-refractivity contribution in [1.82, 2.24) is 25.1 Å². The Kier molecular flexibility index (Phi) is 6.17. The SMILES string of the molecule is CC[C@@H](c1nnnn1Cc1ccc(F)cc1)N1CCN(c2ccc([N+](=O)[O-])cc2)CC1. The summed E-state index contributed by atoms with van der Waals surface area (Å²) in [4.78, 5) is 15.1. The van der Waals surface area contributed by atoms with Crippen LogP contribution in [-0.2, 0) is 6.54 Å². The zero-order chi connectivity index (χ0) is 21.8. The van der Waals surface area contributed by atoms with Crippen LogP contribution in [0.15, 0.2) is 48.5 Å². The standard InChI is InChI=1S/C21H24FN7O2/c1-2-20(21-23-24-25-28(21)15-16-3-5-17(22)6-4-16)27-13-11-26(12-14-27)18-7-9-19(10-8-18)29(30)31/h3-10,20H,2,11-15H2,1H3/t20-/m0/s1. The Morgan fingerprint density at radius 1 is 1.06 bits per heavy atom. The van der Waals surface area contributed by atoms with Gasteiger partial charge in [-0.3, -0.25) is 15.0 Å². The Morgan fingerprint density at radius 3 is 2.35 bits per heavy atom. The molecule has 10 heteroatoms. The van der Waals surface area contributed by atoms with Gasteiger partial charge >= 0.3 is 0 Å². The Bertz CT molecular complexity index is 1010. The first-order valence-electron chi connectivity index (χ1n) is 10.3. The van der Waals surface area contributed by atoms with Gasteiger partial charge in [-0.1, -0.05) is 19.1 Å². The molecule has 162 valence electrons. The topological polar surface area (TPSA) is 93.2 Å². The fraction of sp³-hybridized carbons (Fsp3) is 0.381. The Morgan fingerprint density at radius 2 is 1.74 bits per heavy atom. The van der Waals surface area contributed by atoms with Crippen molar-refractivity contribution in [2.75, 3.05) is 31.1 Å². The van der Waals surface area contributed by atoms with E-state index in [-0.39, 0.29) is 22.5 Å². The van der Waals surface area contributed by atoms with Crippen LogP contribution in [0.25, 0.3) is 0 Å². The zero-order valence-electron chi connectivity index (χ0n) is 17.3. The maximum atomic E-state index is 13.2. The summed E-state index contributed by atoms with van der Waals surface area (Å²) in [6.07, 6.45) is 0.862. The molecule has 0 spiro atoms. The molecule has 1 saturated heterocycles. The van der Waals surface area contributed by atoms with Gasteiger partial charge in [0.05, 0.1) is 17.5 Å². The largest absolute Gasteiger partial charge is 0.369 e. The van der Waals surface area contributed by atoms with E-state index < -0.39 is 0 Å². The van der Waals surface area contributed by atoms with E-state index in [2.05, 4.69) is 32.2 Å². The Labute approximate surface area is 179 Å². The quantitative estimate of drug-likeness (QED) is 0.424. The molecule has 0 amide bonds. The molecule has 1 aliphatic rings. The van der Waals surface area contributed by atoms with Crippen molar-refractivity contribution in [2.24, 2.45) is 0 Å². The molecular formula is C21H24FN7O2. The third kappa shape index (κ3) is 4.69. The first-order valence-corrected chi connectivity index (χ1v) is 10.3. The zero-order valence-corrected chi connectivity index (χ0v) is 17.3. The minimum atomic E-state index is -0.385. The van der Waals surface area contributed by atoms with Gasteiger partial charge in [-0.25, -0.2) is 9.07 Å². The fourth-order valence-electron chi connectivity index (χ4n) is 4.01. The maximum Gasteiger partial charge on any atom is 0.269 e. The summed E-state index contributed by atoms with van der Waals surface area (Å²) in [5.74, 6) is 0.536. The fourth-order valence-corrected chi connectivity index (χ4v) is 4.01. The van der Waals surface area contributed by atoms with E-state index in [9.17, 15) is 14.5 Å². The molecule has 0 bridgehead atoms. The summed E-state index contributed by atoms with van der Waals surface area (Å²) in [6.45, 7) is 5.89. The summed E-state index contributed by atoms with van der Waals surface area (Å²) >= 11 is 0. The van der Waals surface area contributed by atoms with Crippen LogP contribution in [0.2, 0.25) is 0 Å². The summed E-state index contributed by atoms with van der Waals surface area (Å²) in [5.41, 5.74) is 2.02. The lowest BCUT2D eigenvalue weighted by Gasteiger charge is -2.39. The lowest BCUT2D eigenvalue weighted by Crippen LogP contribution is -2.48. The van der Waals surface area contributed by atoms with Crippen molar-refractivity contribution < 1.29 is 9.31 Å². The smallest absolute Gasteiger partial charge is 0.269 e. The molecule has 0 aliphatic carbocycles. The molecule has 1 aliphatic heterocycles. The molecule has 9 nitrogen and oxygen atoms in total. The van der Waals surface area contributed by atoms with Crippen LogP contribution < -0.4 is 4.90 Å². The first kappa shape index (κ1) is 20.9. The van der Waals surface area contributed by atoms with Crippen molar-refractivity contribution in [3.8, 4) is 0 Å². The second-order valence-corrected chi connectivity index (χ2v) is 7.54. The van der Waals surface area contributed by atoms with Gasteiger partial charge < -0.3 is 4.90 Å². The molecule has 0 N–H and O–H groups in total. The predicted octanol–water partition coefficient (Wildman–Crippen LogP) is 3.04. The molecule has 0 saturated carbocycles. The molecule has 1 atom stereocenters. The van der Waals surface area contributed by atoms with Gasteiger partial charge in [0.25, 0.3) is 5.69 Å². The highest BCUT2D eigenvalue weighted by Gasteiger charge is 2.28. The number of nitro benzene ring substituents is 1. The minimum Gasteiger partial charge on any atom is -0.369 e. The number of anilines is 1. The van der Waals surface area contributed by atoms with E-state index >= 15 is 0 Å². The lowest BCUT2D eigenvalue weighted by atomic mass is 10.1. The number of nitrogens with zero attached hydrogens (tertiary/aromatic N) is 7. The highest BCUT2D eigenvalue weighted by molar-refractivity contribution is 5.51. The van der Waals surface area contributed by atoms with Gasteiger partial charge in [-0.05, 0) is 46.7 Å². The number of tetrazole rings is 1. The highest BCUT2D eigenvalue weighted by atomic mass is 19.1. The molecule has 1 fully saturated rings. The molecular weight excluding hydrogens is 401 g/mol. The molecule has 4 rings (SSSR count). The number of hydrogen-bond acceptors (Lipinski definition) is 7. The predicted molar refractivity (Wildman–Crippen MR) is 113 cm³/mol. The molecule has 3 aromatic rings. The number of piperazine rings is 1. The lowest BCUT2D eigenvalue weighted by molar-refractivity contribution is -0.384. The first-order chi connectivity index (χ1) is 15.0. The molecule has 0 radical (unpaired) electrons. The molecule has 1 aromatic heterocycles. The van der Waals surface area contributed by atoms with Crippen molar-refractivity contribution in [3.63, 3.8) is 0 Å². The van der Waals surface area contributed by atoms with Crippen LogP contribution in [0.3, 0.4) is 0 Å². The average molecular weight is 425 g/mol. The van der Waals surface area contributed by atoms with Crippen molar-refractivity contribution in [2.45, 2.75) is 25.9 Å². The summed E-state index contributed by atoms with van der Waals surface area (Å²) < 4.78 is 15.0. The van der Waals surface area contributed by atoms with Gasteiger partial charge in [0, 0.05) is 44.0 Å². The van der Waals surface area contributed by atoms with E-state index in [4.69, 9.17) is 0 Å². The molecule has 0 unspecified atom stereocenters. The van der Waals surface area contributed by atoms with Gasteiger partial charge in [-0.15, -0.1) is 5.10 Å². The average Bonchev–Trinajstić information content (AvgIpc) is 3.24. The monoisotopic (exact) mass is 425 g/mol.